The number of benzene rings is 1. The minimum absolute atomic E-state index is 0.506. The Kier molecular flexibility index (Phi) is 2.49. The van der Waals surface area contributed by atoms with Crippen molar-refractivity contribution < 1.29 is 4.74 Å². The summed E-state index contributed by atoms with van der Waals surface area (Å²) in [6, 6.07) is 7.29. The van der Waals surface area contributed by atoms with Gasteiger partial charge in [-0.2, -0.15) is 5.26 Å². The Morgan fingerprint density at radius 1 is 1.42 bits per heavy atom. The standard InChI is InChI=1S/C10H8NO/c1-3-8-5-4-6-9(7-11)10(8)12-2/h4-6H,1H2,2H3. The molecule has 0 aliphatic heterocycles. The molecule has 0 spiro atoms. The summed E-state index contributed by atoms with van der Waals surface area (Å²) in [5.74, 6) is 0.537. The Morgan fingerprint density at radius 2 is 2.08 bits per heavy atom. The van der Waals surface area contributed by atoms with Crippen molar-refractivity contribution in [1.82, 2.24) is 0 Å². The van der Waals surface area contributed by atoms with Crippen molar-refractivity contribution in [2.24, 2.45) is 0 Å². The molecule has 1 radical (unpaired) electrons. The fraction of sp³-hybridized carbons (Fsp3) is 0.100. The van der Waals surface area contributed by atoms with Gasteiger partial charge in [0.15, 0.2) is 0 Å². The van der Waals surface area contributed by atoms with Crippen LogP contribution in [0.5, 0.6) is 5.75 Å². The molecule has 0 aromatic heterocycles. The van der Waals surface area contributed by atoms with Gasteiger partial charge >= 0.3 is 0 Å². The van der Waals surface area contributed by atoms with Crippen LogP contribution < -0.4 is 4.74 Å². The molecule has 0 atom stereocenters. The number of methoxy groups -OCH3 is 1. The van der Waals surface area contributed by atoms with Gasteiger partial charge in [0.25, 0.3) is 0 Å². The lowest BCUT2D eigenvalue weighted by Gasteiger charge is -2.04. The van der Waals surface area contributed by atoms with Crippen molar-refractivity contribution in [2.75, 3.05) is 7.11 Å². The molecule has 0 saturated heterocycles. The molecule has 1 rings (SSSR count). The Labute approximate surface area is 71.7 Å². The normalized spacial score (nSPS) is 8.67. The molecule has 1 aromatic carbocycles. The molecule has 1 aromatic rings. The minimum Gasteiger partial charge on any atom is -0.495 e. The van der Waals surface area contributed by atoms with Gasteiger partial charge in [-0.1, -0.05) is 18.7 Å². The lowest BCUT2D eigenvalue weighted by Crippen LogP contribution is -1.90. The monoisotopic (exact) mass is 158 g/mol. The fourth-order valence-electron chi connectivity index (χ4n) is 0.984. The second-order valence-electron chi connectivity index (χ2n) is 2.17. The van der Waals surface area contributed by atoms with Crippen LogP contribution in [0.1, 0.15) is 11.1 Å². The van der Waals surface area contributed by atoms with E-state index in [0.29, 0.717) is 11.3 Å². The summed E-state index contributed by atoms with van der Waals surface area (Å²) >= 11 is 0. The number of hydrogen-bond acceptors (Lipinski definition) is 2. The lowest BCUT2D eigenvalue weighted by molar-refractivity contribution is 0.411. The van der Waals surface area contributed by atoms with Gasteiger partial charge in [-0.25, -0.2) is 0 Å². The highest BCUT2D eigenvalue weighted by atomic mass is 16.5. The molecule has 2 heteroatoms. The number of hydrogen-bond donors (Lipinski definition) is 0. The fourth-order valence-corrected chi connectivity index (χ4v) is 0.984. The maximum atomic E-state index is 8.69. The molecular weight excluding hydrogens is 150 g/mol. The highest BCUT2D eigenvalue weighted by molar-refractivity contribution is 5.50. The zero-order chi connectivity index (χ0) is 8.97. The van der Waals surface area contributed by atoms with Gasteiger partial charge in [0, 0.05) is 5.56 Å². The maximum absolute atomic E-state index is 8.69. The first-order valence-electron chi connectivity index (χ1n) is 3.43. The molecule has 0 bridgehead atoms. The first kappa shape index (κ1) is 8.35. The van der Waals surface area contributed by atoms with Crippen LogP contribution in [0.3, 0.4) is 0 Å². The van der Waals surface area contributed by atoms with Crippen molar-refractivity contribution >= 4 is 0 Å². The maximum Gasteiger partial charge on any atom is 0.144 e. The SMILES string of the molecule is C=[C]c1cccc(C#N)c1OC. The Bertz CT molecular complexity index is 336. The average Bonchev–Trinajstić information content (AvgIpc) is 2.16. The summed E-state index contributed by atoms with van der Waals surface area (Å²) in [6.07, 6.45) is 2.70. The molecule has 0 aliphatic carbocycles. The van der Waals surface area contributed by atoms with Crippen LogP contribution in [0.15, 0.2) is 24.8 Å². The largest absolute Gasteiger partial charge is 0.495 e. The molecule has 0 heterocycles. The summed E-state index contributed by atoms with van der Waals surface area (Å²) in [5.41, 5.74) is 1.22. The van der Waals surface area contributed by atoms with E-state index in [1.807, 2.05) is 6.07 Å². The van der Waals surface area contributed by atoms with E-state index in [2.05, 4.69) is 12.7 Å². The van der Waals surface area contributed by atoms with Crippen LogP contribution >= 0.6 is 0 Å². The van der Waals surface area contributed by atoms with E-state index in [-0.39, 0.29) is 0 Å². The second kappa shape index (κ2) is 3.59. The third-order valence-corrected chi connectivity index (χ3v) is 1.53. The van der Waals surface area contributed by atoms with Crippen LogP contribution in [0, 0.1) is 17.4 Å². The van der Waals surface area contributed by atoms with Crippen molar-refractivity contribution in [2.45, 2.75) is 0 Å². The number of ether oxygens (including phenoxy) is 1. The molecule has 0 saturated carbocycles. The van der Waals surface area contributed by atoms with E-state index in [1.54, 1.807) is 18.2 Å². The highest BCUT2D eigenvalue weighted by Gasteiger charge is 2.04. The molecule has 0 aliphatic rings. The molecule has 0 N–H and O–H groups in total. The molecule has 12 heavy (non-hydrogen) atoms. The van der Waals surface area contributed by atoms with E-state index in [1.165, 1.54) is 7.11 Å². The van der Waals surface area contributed by atoms with Crippen molar-refractivity contribution in [1.29, 1.82) is 5.26 Å². The molecule has 0 fully saturated rings. The average molecular weight is 158 g/mol. The highest BCUT2D eigenvalue weighted by Crippen LogP contribution is 2.22. The first-order valence-corrected chi connectivity index (χ1v) is 3.43. The minimum atomic E-state index is 0.506. The smallest absolute Gasteiger partial charge is 0.144 e. The predicted octanol–water partition coefficient (Wildman–Crippen LogP) is 1.90. The van der Waals surface area contributed by atoms with Crippen molar-refractivity contribution in [3.63, 3.8) is 0 Å². The van der Waals surface area contributed by atoms with E-state index < -0.39 is 0 Å². The molecule has 0 unspecified atom stereocenters. The predicted molar refractivity (Wildman–Crippen MR) is 45.7 cm³/mol. The summed E-state index contributed by atoms with van der Waals surface area (Å²) in [5, 5.41) is 8.69. The van der Waals surface area contributed by atoms with Gasteiger partial charge in [-0.15, -0.1) is 0 Å². The van der Waals surface area contributed by atoms with Crippen molar-refractivity contribution in [3.8, 4) is 11.8 Å². The van der Waals surface area contributed by atoms with Gasteiger partial charge < -0.3 is 4.74 Å². The Hall–Kier alpha value is -1.75. The van der Waals surface area contributed by atoms with E-state index in [9.17, 15) is 0 Å². The zero-order valence-corrected chi connectivity index (χ0v) is 6.79. The summed E-state index contributed by atoms with van der Waals surface area (Å²) in [7, 11) is 1.52. The topological polar surface area (TPSA) is 33.0 Å². The Morgan fingerprint density at radius 3 is 2.58 bits per heavy atom. The first-order chi connectivity index (χ1) is 5.83. The van der Waals surface area contributed by atoms with Gasteiger partial charge in [-0.05, 0) is 12.1 Å². The number of rotatable bonds is 2. The molecule has 2 nitrogen and oxygen atoms in total. The number of para-hydroxylation sites is 1. The van der Waals surface area contributed by atoms with Gasteiger partial charge in [0.05, 0.1) is 12.7 Å². The van der Waals surface area contributed by atoms with Crippen LogP contribution in [0.2, 0.25) is 0 Å². The van der Waals surface area contributed by atoms with Crippen LogP contribution in [0.4, 0.5) is 0 Å². The quantitative estimate of drug-likeness (QED) is 0.658. The Balaban J connectivity index is 3.34. The van der Waals surface area contributed by atoms with Gasteiger partial charge in [-0.3, -0.25) is 0 Å². The lowest BCUT2D eigenvalue weighted by atomic mass is 10.1. The number of nitrogens with zero attached hydrogens (tertiary/aromatic N) is 1. The molecule has 0 amide bonds. The second-order valence-corrected chi connectivity index (χ2v) is 2.17. The van der Waals surface area contributed by atoms with Crippen LogP contribution in [-0.2, 0) is 0 Å². The van der Waals surface area contributed by atoms with E-state index >= 15 is 0 Å². The third kappa shape index (κ3) is 1.30. The molecular formula is C10H8NO. The summed E-state index contributed by atoms with van der Waals surface area (Å²) < 4.78 is 5.03. The molecule has 59 valence electrons. The number of nitriles is 1. The van der Waals surface area contributed by atoms with Crippen LogP contribution in [0.25, 0.3) is 0 Å². The van der Waals surface area contributed by atoms with Crippen LogP contribution in [-0.4, -0.2) is 7.11 Å². The van der Waals surface area contributed by atoms with Crippen molar-refractivity contribution in [3.05, 3.63) is 42.0 Å². The summed E-state index contributed by atoms with van der Waals surface area (Å²) in [6.45, 7) is 3.50. The zero-order valence-electron chi connectivity index (χ0n) is 6.79. The summed E-state index contributed by atoms with van der Waals surface area (Å²) in [4.78, 5) is 0. The van der Waals surface area contributed by atoms with Gasteiger partial charge in [0.1, 0.15) is 11.8 Å². The van der Waals surface area contributed by atoms with E-state index in [4.69, 9.17) is 10.00 Å². The third-order valence-electron chi connectivity index (χ3n) is 1.53. The van der Waals surface area contributed by atoms with E-state index in [0.717, 1.165) is 5.56 Å². The van der Waals surface area contributed by atoms with Gasteiger partial charge in [0.2, 0.25) is 0 Å².